The SMILES string of the molecule is N=Cc1ccc(CCCCCCCc2ccc(C3CCNC3)cc2)cc1. The molecule has 0 saturated carbocycles. The molecule has 1 saturated heterocycles. The molecule has 1 aliphatic rings. The third-order valence-electron chi connectivity index (χ3n) is 5.59. The van der Waals surface area contributed by atoms with Crippen LogP contribution in [-0.2, 0) is 12.8 Å². The lowest BCUT2D eigenvalue weighted by Gasteiger charge is -2.09. The molecule has 2 aromatic carbocycles. The molecule has 2 nitrogen and oxygen atoms in total. The van der Waals surface area contributed by atoms with Crippen LogP contribution in [0.3, 0.4) is 0 Å². The minimum Gasteiger partial charge on any atom is -0.316 e. The summed E-state index contributed by atoms with van der Waals surface area (Å²) in [5.74, 6) is 0.727. The molecular formula is C24H32N2. The second-order valence-corrected chi connectivity index (χ2v) is 7.58. The van der Waals surface area contributed by atoms with Gasteiger partial charge in [-0.1, -0.05) is 67.8 Å². The molecule has 1 atom stereocenters. The van der Waals surface area contributed by atoms with Crippen molar-refractivity contribution in [3.8, 4) is 0 Å². The van der Waals surface area contributed by atoms with E-state index < -0.39 is 0 Å². The molecule has 1 aliphatic heterocycles. The highest BCUT2D eigenvalue weighted by atomic mass is 14.9. The molecule has 0 radical (unpaired) electrons. The quantitative estimate of drug-likeness (QED) is 0.432. The molecule has 0 aliphatic carbocycles. The molecule has 2 N–H and O–H groups in total. The van der Waals surface area contributed by atoms with E-state index in [9.17, 15) is 0 Å². The molecule has 2 aromatic rings. The van der Waals surface area contributed by atoms with E-state index in [4.69, 9.17) is 5.41 Å². The second-order valence-electron chi connectivity index (χ2n) is 7.58. The lowest BCUT2D eigenvalue weighted by Crippen LogP contribution is -2.07. The van der Waals surface area contributed by atoms with Crippen LogP contribution < -0.4 is 5.32 Å². The van der Waals surface area contributed by atoms with Crippen molar-refractivity contribution in [2.45, 2.75) is 57.3 Å². The lowest BCUT2D eigenvalue weighted by molar-refractivity contribution is 0.613. The normalized spacial score (nSPS) is 16.7. The number of unbranched alkanes of at least 4 members (excludes halogenated alkanes) is 4. The summed E-state index contributed by atoms with van der Waals surface area (Å²) in [6, 6.07) is 17.8. The van der Waals surface area contributed by atoms with Crippen LogP contribution in [0.5, 0.6) is 0 Å². The molecule has 26 heavy (non-hydrogen) atoms. The topological polar surface area (TPSA) is 35.9 Å². The van der Waals surface area contributed by atoms with Crippen molar-refractivity contribution in [2.24, 2.45) is 0 Å². The second kappa shape index (κ2) is 10.3. The summed E-state index contributed by atoms with van der Waals surface area (Å²) in [7, 11) is 0. The summed E-state index contributed by atoms with van der Waals surface area (Å²) in [6.07, 6.45) is 11.6. The zero-order valence-corrected chi connectivity index (χ0v) is 15.8. The first-order chi connectivity index (χ1) is 12.8. The van der Waals surface area contributed by atoms with E-state index in [0.717, 1.165) is 24.4 Å². The van der Waals surface area contributed by atoms with Crippen molar-refractivity contribution in [1.82, 2.24) is 5.32 Å². The van der Waals surface area contributed by atoms with Crippen molar-refractivity contribution in [3.63, 3.8) is 0 Å². The van der Waals surface area contributed by atoms with Gasteiger partial charge in [0.05, 0.1) is 0 Å². The van der Waals surface area contributed by atoms with Crippen molar-refractivity contribution in [1.29, 1.82) is 5.41 Å². The van der Waals surface area contributed by atoms with E-state index >= 15 is 0 Å². The van der Waals surface area contributed by atoms with Gasteiger partial charge in [0.25, 0.3) is 0 Å². The van der Waals surface area contributed by atoms with Crippen molar-refractivity contribution in [3.05, 3.63) is 70.8 Å². The average Bonchev–Trinajstić information content (AvgIpc) is 3.23. The summed E-state index contributed by atoms with van der Waals surface area (Å²) < 4.78 is 0. The molecule has 1 heterocycles. The van der Waals surface area contributed by atoms with E-state index in [1.54, 1.807) is 0 Å². The van der Waals surface area contributed by atoms with Gasteiger partial charge in [-0.2, -0.15) is 0 Å². The number of benzene rings is 2. The first-order valence-electron chi connectivity index (χ1n) is 10.2. The Hall–Kier alpha value is -1.93. The van der Waals surface area contributed by atoms with Crippen LogP contribution >= 0.6 is 0 Å². The highest BCUT2D eigenvalue weighted by molar-refractivity contribution is 5.76. The number of nitrogens with one attached hydrogen (secondary N) is 2. The van der Waals surface area contributed by atoms with E-state index in [0.29, 0.717) is 0 Å². The van der Waals surface area contributed by atoms with Crippen molar-refractivity contribution in [2.75, 3.05) is 13.1 Å². The number of aryl methyl sites for hydroxylation is 2. The van der Waals surface area contributed by atoms with Crippen LogP contribution in [0.4, 0.5) is 0 Å². The number of hydrogen-bond acceptors (Lipinski definition) is 2. The van der Waals surface area contributed by atoms with Gasteiger partial charge in [-0.05, 0) is 66.8 Å². The Balaban J connectivity index is 1.26. The maximum atomic E-state index is 7.23. The van der Waals surface area contributed by atoms with Crippen LogP contribution in [0.2, 0.25) is 0 Å². The molecule has 0 aromatic heterocycles. The van der Waals surface area contributed by atoms with Crippen LogP contribution in [0.1, 0.15) is 66.7 Å². The van der Waals surface area contributed by atoms with Gasteiger partial charge in [0.2, 0.25) is 0 Å². The molecule has 0 spiro atoms. The van der Waals surface area contributed by atoms with E-state index in [-0.39, 0.29) is 0 Å². The van der Waals surface area contributed by atoms with Gasteiger partial charge >= 0.3 is 0 Å². The molecular weight excluding hydrogens is 316 g/mol. The fraction of sp³-hybridized carbons (Fsp3) is 0.458. The number of hydrogen-bond donors (Lipinski definition) is 2. The molecule has 2 heteroatoms. The van der Waals surface area contributed by atoms with Crippen LogP contribution in [-0.4, -0.2) is 19.3 Å². The Labute approximate surface area is 158 Å². The van der Waals surface area contributed by atoms with Crippen molar-refractivity contribution < 1.29 is 0 Å². The monoisotopic (exact) mass is 348 g/mol. The maximum absolute atomic E-state index is 7.23. The first-order valence-corrected chi connectivity index (χ1v) is 10.2. The van der Waals surface area contributed by atoms with Gasteiger partial charge < -0.3 is 10.7 Å². The lowest BCUT2D eigenvalue weighted by atomic mass is 9.96. The minimum atomic E-state index is 0.727. The van der Waals surface area contributed by atoms with Gasteiger partial charge in [-0.3, -0.25) is 0 Å². The summed E-state index contributed by atoms with van der Waals surface area (Å²) in [5.41, 5.74) is 5.38. The predicted molar refractivity (Wildman–Crippen MR) is 111 cm³/mol. The van der Waals surface area contributed by atoms with Crippen LogP contribution in [0.25, 0.3) is 0 Å². The molecule has 3 rings (SSSR count). The Kier molecular flexibility index (Phi) is 7.45. The van der Waals surface area contributed by atoms with E-state index in [2.05, 4.69) is 41.7 Å². The Morgan fingerprint density at radius 1 is 0.808 bits per heavy atom. The van der Waals surface area contributed by atoms with Crippen molar-refractivity contribution >= 4 is 6.21 Å². The smallest absolute Gasteiger partial charge is 0.0250 e. The van der Waals surface area contributed by atoms with Crippen LogP contribution in [0, 0.1) is 5.41 Å². The standard InChI is InChI=1S/C24H32N2/c25-18-22-10-8-20(9-11-22)6-4-2-1-3-5-7-21-12-14-23(15-13-21)24-16-17-26-19-24/h8-15,18,24-26H,1-7,16-17,19H2. The molecule has 0 amide bonds. The predicted octanol–water partition coefficient (Wildman–Crippen LogP) is 5.50. The maximum Gasteiger partial charge on any atom is 0.0250 e. The Morgan fingerprint density at radius 3 is 1.92 bits per heavy atom. The summed E-state index contributed by atoms with van der Waals surface area (Å²) >= 11 is 0. The highest BCUT2D eigenvalue weighted by Crippen LogP contribution is 2.23. The summed E-state index contributed by atoms with van der Waals surface area (Å²) in [5, 5.41) is 10.7. The number of rotatable bonds is 10. The van der Waals surface area contributed by atoms with Gasteiger partial charge in [0.15, 0.2) is 0 Å². The zero-order valence-electron chi connectivity index (χ0n) is 15.8. The fourth-order valence-corrected chi connectivity index (χ4v) is 3.86. The van der Waals surface area contributed by atoms with Gasteiger partial charge in [0.1, 0.15) is 0 Å². The summed E-state index contributed by atoms with van der Waals surface area (Å²) in [6.45, 7) is 2.31. The summed E-state index contributed by atoms with van der Waals surface area (Å²) in [4.78, 5) is 0. The molecule has 1 fully saturated rings. The molecule has 1 unspecified atom stereocenters. The third kappa shape index (κ3) is 5.81. The highest BCUT2D eigenvalue weighted by Gasteiger charge is 2.15. The largest absolute Gasteiger partial charge is 0.316 e. The Bertz CT molecular complexity index is 652. The minimum absolute atomic E-state index is 0.727. The van der Waals surface area contributed by atoms with E-state index in [1.807, 2.05) is 12.1 Å². The van der Waals surface area contributed by atoms with Gasteiger partial charge in [0, 0.05) is 12.8 Å². The third-order valence-corrected chi connectivity index (χ3v) is 5.59. The van der Waals surface area contributed by atoms with Gasteiger partial charge in [-0.15, -0.1) is 0 Å². The van der Waals surface area contributed by atoms with Gasteiger partial charge in [-0.25, -0.2) is 0 Å². The molecule has 138 valence electrons. The molecule has 0 bridgehead atoms. The first kappa shape index (κ1) is 18.8. The average molecular weight is 349 g/mol. The Morgan fingerprint density at radius 2 is 1.38 bits per heavy atom. The van der Waals surface area contributed by atoms with Crippen LogP contribution in [0.15, 0.2) is 48.5 Å². The van der Waals surface area contributed by atoms with E-state index in [1.165, 1.54) is 74.4 Å². The fourth-order valence-electron chi connectivity index (χ4n) is 3.86. The zero-order chi connectivity index (χ0) is 18.0.